The Bertz CT molecular complexity index is 4080. The molecule has 4 aromatic carbocycles. The number of hydrogen-bond acceptors (Lipinski definition) is 16. The molecule has 0 radical (unpaired) electrons. The van der Waals surface area contributed by atoms with Gasteiger partial charge in [-0.05, 0) is 145 Å². The summed E-state index contributed by atoms with van der Waals surface area (Å²) < 4.78 is 0. The molecule has 29 heteroatoms. The number of allylic oxidation sites excluding steroid dienone is 2. The fourth-order valence-corrected chi connectivity index (χ4v) is 13.5. The van der Waals surface area contributed by atoms with Crippen LogP contribution >= 0.6 is 0 Å². The number of H-pyrrole nitrogens is 1. The van der Waals surface area contributed by atoms with Gasteiger partial charge in [-0.25, -0.2) is 0 Å². The number of amides is 12. The molecule has 614 valence electrons. The minimum atomic E-state index is -1.82. The van der Waals surface area contributed by atoms with Crippen LogP contribution in [-0.4, -0.2) is 175 Å². The third kappa shape index (κ3) is 29.3. The van der Waals surface area contributed by atoms with Crippen molar-refractivity contribution in [1.29, 1.82) is 0 Å². The Labute approximate surface area is 661 Å². The van der Waals surface area contributed by atoms with E-state index in [9.17, 15) is 58.5 Å². The van der Waals surface area contributed by atoms with Crippen LogP contribution in [0.15, 0.2) is 128 Å². The van der Waals surface area contributed by atoms with Crippen molar-refractivity contribution < 1.29 is 77.6 Å². The molecule has 29 nitrogen and oxygen atoms in total. The Morgan fingerprint density at radius 3 is 1.78 bits per heavy atom. The number of ketones is 1. The number of nitrogens with two attached hydrogens (primary N) is 1. The number of phenols is 1. The van der Waals surface area contributed by atoms with Gasteiger partial charge < -0.3 is 84.5 Å². The second-order valence-corrected chi connectivity index (χ2v) is 31.0. The lowest BCUT2D eigenvalue weighted by Gasteiger charge is -2.33. The van der Waals surface area contributed by atoms with Gasteiger partial charge in [-0.3, -0.25) is 62.3 Å². The number of aliphatic hydroxyl groups excluding tert-OH is 2. The summed E-state index contributed by atoms with van der Waals surface area (Å²) in [6, 6.07) is 18.3. The first-order valence-corrected chi connectivity index (χ1v) is 39.1. The van der Waals surface area contributed by atoms with Gasteiger partial charge >= 0.3 is 0 Å². The third-order valence-corrected chi connectivity index (χ3v) is 20.1. The SMILES string of the molecule is CC(=O)N[C@@H](CC(C)C)C(=O)N[C@H](C(=O)N[C@@H](Cc1ccccc1)C(=O)N[C@]1(C)CCCCCC/C=C/CCC[C@@](C)(C(=O)NC(CO)C(=O)N[C@@H](C)C(=O)NC(Cc2ccccc2)C(N)=O)NC(=O)[C@H](CC(C)C)CCC(=O)[C@H](Cc2c[nH]c3ccccc23)NC(=O)[C@H](Cc2ccc(O)cc2)NC(=O)C(C)NC1=O)[C@@H](C)O. The highest BCUT2D eigenvalue weighted by atomic mass is 16.3. The number of phenolic OH excluding ortho intramolecular Hbond substituents is 1. The fraction of sp³-hybridized carbons (Fsp3) is 0.512. The van der Waals surface area contributed by atoms with Crippen molar-refractivity contribution in [1.82, 2.24) is 63.5 Å². The molecule has 113 heavy (non-hydrogen) atoms. The van der Waals surface area contributed by atoms with E-state index in [-0.39, 0.29) is 81.8 Å². The lowest BCUT2D eigenvalue weighted by Crippen LogP contribution is -2.64. The minimum absolute atomic E-state index is 0.000995. The number of rotatable bonds is 28. The monoisotopic (exact) mass is 1560 g/mol. The Morgan fingerprint density at radius 2 is 1.17 bits per heavy atom. The largest absolute Gasteiger partial charge is 0.508 e. The summed E-state index contributed by atoms with van der Waals surface area (Å²) in [5, 5.41) is 62.5. The average molecular weight is 1560 g/mol. The zero-order valence-corrected chi connectivity index (χ0v) is 66.6. The Hall–Kier alpha value is -10.8. The van der Waals surface area contributed by atoms with Gasteiger partial charge in [-0.15, -0.1) is 0 Å². The standard InChI is InChI=1S/C84H117N13O16/c1-50(2)42-59-36-39-70(102)64(47-60-48-86-63-33-25-24-32-62(60)63)90-76(107)67(46-58-34-37-61(101)38-35-58)92-74(105)53(6)88-81(112)83(9,97-79(110)68(45-57-30-22-19-23-31-57)93-80(111)71(54(7)99)95-77(108)66(43-51(3)4)89-55(8)100)40-26-16-14-12-11-13-15-17-27-41-84(10,96-75(59)106)82(113)94-69(49-98)78(109)87-52(5)73(104)91-65(72(85)103)44-56-28-20-18-21-29-56/h13,15,18-25,28-35,37-38,48,50-54,59,64-69,71,86,98-99,101H,11-12,14,16-17,26-27,36,39-47,49H2,1-10H3,(H2,85,103)(H,87,109)(H,88,112)(H,89,100)(H,90,107)(H,91,104)(H,92,105)(H,93,111)(H,94,113)(H,95,108)(H,96,106)(H,97,110)/b15-13+/t52-,53?,54+,59-,64-,65?,66-,67-,68-,69?,71-,83+,84-/m0/s1. The first-order chi connectivity index (χ1) is 53.6. The normalized spacial score (nSPS) is 21.7. The topological polar surface area (TPSA) is 457 Å². The molecular weight excluding hydrogens is 1450 g/mol. The molecule has 5 aromatic rings. The van der Waals surface area contributed by atoms with Crippen molar-refractivity contribution >= 4 is 87.6 Å². The molecule has 0 fully saturated rings. The number of para-hydroxylation sites is 1. The van der Waals surface area contributed by atoms with E-state index in [1.54, 1.807) is 79.0 Å². The van der Waals surface area contributed by atoms with E-state index < -0.39 is 161 Å². The summed E-state index contributed by atoms with van der Waals surface area (Å²) in [6.07, 6.45) is 7.29. The summed E-state index contributed by atoms with van der Waals surface area (Å²) in [6.45, 7) is 14.7. The number of carbonyl (C=O) groups is 13. The number of aromatic nitrogens is 1. The molecule has 1 aromatic heterocycles. The van der Waals surface area contributed by atoms with Gasteiger partial charge in [0, 0.05) is 62.0 Å². The van der Waals surface area contributed by atoms with Crippen molar-refractivity contribution in [2.75, 3.05) is 6.61 Å². The number of nitrogens with one attached hydrogen (secondary N) is 12. The van der Waals surface area contributed by atoms with Crippen LogP contribution in [0.5, 0.6) is 5.75 Å². The van der Waals surface area contributed by atoms with Crippen LogP contribution in [0.2, 0.25) is 0 Å². The van der Waals surface area contributed by atoms with Crippen LogP contribution in [0.4, 0.5) is 0 Å². The van der Waals surface area contributed by atoms with Crippen LogP contribution in [0, 0.1) is 17.8 Å². The van der Waals surface area contributed by atoms with Crippen molar-refractivity contribution in [2.24, 2.45) is 23.5 Å². The Balaban J connectivity index is 1.34. The van der Waals surface area contributed by atoms with E-state index in [0.29, 0.717) is 67.2 Å². The molecule has 0 bridgehead atoms. The number of carbonyl (C=O) groups excluding carboxylic acids is 13. The third-order valence-electron chi connectivity index (χ3n) is 20.1. The van der Waals surface area contributed by atoms with Gasteiger partial charge in [-0.1, -0.05) is 150 Å². The van der Waals surface area contributed by atoms with E-state index in [0.717, 1.165) is 10.9 Å². The summed E-state index contributed by atoms with van der Waals surface area (Å²) in [7, 11) is 0. The van der Waals surface area contributed by atoms with Gasteiger partial charge in [0.2, 0.25) is 70.9 Å². The number of Topliss-reactive ketones (excluding diaryl/α,β-unsaturated/α-hetero) is 1. The first kappa shape index (κ1) is 91.1. The lowest BCUT2D eigenvalue weighted by atomic mass is 9.87. The van der Waals surface area contributed by atoms with Crippen LogP contribution in [-0.2, 0) is 88.0 Å². The highest BCUT2D eigenvalue weighted by Crippen LogP contribution is 2.26. The predicted molar refractivity (Wildman–Crippen MR) is 427 cm³/mol. The zero-order valence-electron chi connectivity index (χ0n) is 66.6. The second-order valence-electron chi connectivity index (χ2n) is 31.0. The molecular formula is C84H117N13O16. The van der Waals surface area contributed by atoms with Gasteiger partial charge in [0.15, 0.2) is 5.78 Å². The van der Waals surface area contributed by atoms with E-state index in [2.05, 4.69) is 63.5 Å². The maximum atomic E-state index is 15.2. The van der Waals surface area contributed by atoms with Crippen molar-refractivity contribution in [3.8, 4) is 5.75 Å². The van der Waals surface area contributed by atoms with Crippen molar-refractivity contribution in [2.45, 2.75) is 250 Å². The summed E-state index contributed by atoms with van der Waals surface area (Å²) in [5.41, 5.74) is 5.20. The molecule has 6 rings (SSSR count). The smallest absolute Gasteiger partial charge is 0.246 e. The van der Waals surface area contributed by atoms with Crippen molar-refractivity contribution in [3.05, 3.63) is 150 Å². The van der Waals surface area contributed by atoms with Crippen LogP contribution in [0.3, 0.4) is 0 Å². The molecule has 0 aliphatic carbocycles. The number of aromatic amines is 1. The van der Waals surface area contributed by atoms with Gasteiger partial charge in [0.05, 0.1) is 18.8 Å². The van der Waals surface area contributed by atoms with E-state index in [1.807, 2.05) is 64.1 Å². The van der Waals surface area contributed by atoms with Gasteiger partial charge in [0.1, 0.15) is 65.2 Å². The molecule has 1 aliphatic rings. The van der Waals surface area contributed by atoms with E-state index in [4.69, 9.17) is 5.73 Å². The second kappa shape index (κ2) is 44.4. The number of hydrogen-bond donors (Lipinski definition) is 16. The first-order valence-electron chi connectivity index (χ1n) is 39.1. The number of aliphatic hydroxyl groups is 2. The molecule has 12 amide bonds. The molecule has 0 saturated carbocycles. The van der Waals surface area contributed by atoms with E-state index in [1.165, 1.54) is 53.7 Å². The summed E-state index contributed by atoms with van der Waals surface area (Å²) in [5.74, 6) is -11.3. The van der Waals surface area contributed by atoms with Crippen LogP contribution < -0.4 is 64.2 Å². The molecule has 2 heterocycles. The summed E-state index contributed by atoms with van der Waals surface area (Å²) in [4.78, 5) is 188. The van der Waals surface area contributed by atoms with Crippen LogP contribution in [0.1, 0.15) is 175 Å². The maximum Gasteiger partial charge on any atom is 0.246 e. The minimum Gasteiger partial charge on any atom is -0.508 e. The Morgan fingerprint density at radius 1 is 0.575 bits per heavy atom. The molecule has 0 spiro atoms. The summed E-state index contributed by atoms with van der Waals surface area (Å²) >= 11 is 0. The predicted octanol–water partition coefficient (Wildman–Crippen LogP) is 4.31. The zero-order chi connectivity index (χ0) is 83.1. The fourth-order valence-electron chi connectivity index (χ4n) is 13.5. The lowest BCUT2D eigenvalue weighted by molar-refractivity contribution is -0.138. The highest BCUT2D eigenvalue weighted by molar-refractivity contribution is 6.01. The quantitative estimate of drug-likeness (QED) is 0.0310. The molecule has 13 atom stereocenters. The van der Waals surface area contributed by atoms with Crippen LogP contribution in [0.25, 0.3) is 10.9 Å². The number of benzene rings is 4. The molecule has 3 unspecified atom stereocenters. The average Bonchev–Trinajstić information content (AvgIpc) is 1.81. The number of fused-ring (bicyclic) bond motifs is 1. The van der Waals surface area contributed by atoms with Gasteiger partial charge in [0.25, 0.3) is 0 Å². The number of aromatic hydroxyl groups is 1. The van der Waals surface area contributed by atoms with E-state index >= 15 is 19.2 Å². The maximum absolute atomic E-state index is 15.2. The molecule has 0 saturated heterocycles. The Kier molecular flexibility index (Phi) is 35.8. The molecule has 1 aliphatic heterocycles. The number of primary amides is 1. The highest BCUT2D eigenvalue weighted by Gasteiger charge is 2.42. The van der Waals surface area contributed by atoms with Crippen molar-refractivity contribution in [3.63, 3.8) is 0 Å². The molecule has 17 N–H and O–H groups in total. The van der Waals surface area contributed by atoms with Gasteiger partial charge in [-0.2, -0.15) is 0 Å².